The maximum Gasteiger partial charge on any atom is 0.0192 e. The molecule has 2 nitrogen and oxygen atoms in total. The van der Waals surface area contributed by atoms with Crippen LogP contribution in [0.4, 0.5) is 0 Å². The third-order valence-electron chi connectivity index (χ3n) is 4.03. The fourth-order valence-electron chi connectivity index (χ4n) is 2.86. The first-order valence-electron chi connectivity index (χ1n) is 7.22. The summed E-state index contributed by atoms with van der Waals surface area (Å²) in [6.45, 7) is 11.6. The van der Waals surface area contributed by atoms with Crippen molar-refractivity contribution in [3.63, 3.8) is 0 Å². The molecule has 2 heteroatoms. The monoisotopic (exact) mass is 226 g/mol. The summed E-state index contributed by atoms with van der Waals surface area (Å²) >= 11 is 0. The minimum Gasteiger partial charge on any atom is -0.315 e. The van der Waals surface area contributed by atoms with Gasteiger partial charge in [0.25, 0.3) is 0 Å². The molecule has 0 heterocycles. The van der Waals surface area contributed by atoms with E-state index in [0.29, 0.717) is 6.04 Å². The SMILES string of the molecule is CCN(CC)C(C)CNCC1CCCCC1. The van der Waals surface area contributed by atoms with Gasteiger partial charge in [-0.05, 0) is 45.3 Å². The second kappa shape index (κ2) is 8.08. The van der Waals surface area contributed by atoms with Gasteiger partial charge in [0.2, 0.25) is 0 Å². The van der Waals surface area contributed by atoms with Gasteiger partial charge in [-0.2, -0.15) is 0 Å². The smallest absolute Gasteiger partial charge is 0.0192 e. The molecule has 0 aromatic rings. The van der Waals surface area contributed by atoms with Crippen molar-refractivity contribution in [3.05, 3.63) is 0 Å². The van der Waals surface area contributed by atoms with E-state index in [0.717, 1.165) is 12.5 Å². The van der Waals surface area contributed by atoms with Gasteiger partial charge in [0.15, 0.2) is 0 Å². The van der Waals surface area contributed by atoms with Crippen LogP contribution in [0.1, 0.15) is 52.9 Å². The first kappa shape index (κ1) is 14.0. The Bertz CT molecular complexity index is 160. The van der Waals surface area contributed by atoms with E-state index in [-0.39, 0.29) is 0 Å². The second-order valence-corrected chi connectivity index (χ2v) is 5.23. The average Bonchev–Trinajstić information content (AvgIpc) is 2.32. The Morgan fingerprint density at radius 3 is 2.31 bits per heavy atom. The highest BCUT2D eigenvalue weighted by Crippen LogP contribution is 2.22. The number of nitrogens with one attached hydrogen (secondary N) is 1. The van der Waals surface area contributed by atoms with E-state index in [9.17, 15) is 0 Å². The van der Waals surface area contributed by atoms with Crippen molar-refractivity contribution in [1.29, 1.82) is 0 Å². The van der Waals surface area contributed by atoms with E-state index in [2.05, 4.69) is 31.0 Å². The van der Waals surface area contributed by atoms with E-state index >= 15 is 0 Å². The summed E-state index contributed by atoms with van der Waals surface area (Å²) in [6, 6.07) is 0.679. The zero-order valence-corrected chi connectivity index (χ0v) is 11.5. The molecule has 1 N–H and O–H groups in total. The van der Waals surface area contributed by atoms with Crippen LogP contribution in [0, 0.1) is 5.92 Å². The molecule has 1 atom stereocenters. The zero-order chi connectivity index (χ0) is 11.8. The molecule has 1 aliphatic carbocycles. The first-order valence-corrected chi connectivity index (χ1v) is 7.22. The quantitative estimate of drug-likeness (QED) is 0.718. The Balaban J connectivity index is 2.09. The van der Waals surface area contributed by atoms with E-state index in [4.69, 9.17) is 0 Å². The predicted molar refractivity (Wildman–Crippen MR) is 71.8 cm³/mol. The van der Waals surface area contributed by atoms with E-state index in [1.807, 2.05) is 0 Å². The molecule has 1 rings (SSSR count). The van der Waals surface area contributed by atoms with Crippen molar-refractivity contribution in [1.82, 2.24) is 10.2 Å². The molecule has 96 valence electrons. The molecule has 16 heavy (non-hydrogen) atoms. The molecule has 1 saturated carbocycles. The van der Waals surface area contributed by atoms with Crippen LogP contribution in [-0.2, 0) is 0 Å². The summed E-state index contributed by atoms with van der Waals surface area (Å²) in [7, 11) is 0. The lowest BCUT2D eigenvalue weighted by Gasteiger charge is -2.28. The molecule has 1 unspecified atom stereocenters. The van der Waals surface area contributed by atoms with Crippen molar-refractivity contribution in [2.45, 2.75) is 58.9 Å². The van der Waals surface area contributed by atoms with Gasteiger partial charge >= 0.3 is 0 Å². The maximum absolute atomic E-state index is 3.66. The summed E-state index contributed by atoms with van der Waals surface area (Å²) in [5.74, 6) is 0.956. The molecular weight excluding hydrogens is 196 g/mol. The summed E-state index contributed by atoms with van der Waals surface area (Å²) in [4.78, 5) is 2.52. The molecule has 0 amide bonds. The Morgan fingerprint density at radius 1 is 1.12 bits per heavy atom. The Labute approximate surface area is 102 Å². The molecule has 1 fully saturated rings. The highest BCUT2D eigenvalue weighted by atomic mass is 15.2. The summed E-state index contributed by atoms with van der Waals surface area (Å²) in [5, 5.41) is 3.66. The highest BCUT2D eigenvalue weighted by Gasteiger charge is 2.14. The number of hydrogen-bond donors (Lipinski definition) is 1. The summed E-state index contributed by atoms with van der Waals surface area (Å²) < 4.78 is 0. The van der Waals surface area contributed by atoms with Crippen LogP contribution in [-0.4, -0.2) is 37.1 Å². The molecule has 0 aromatic heterocycles. The van der Waals surface area contributed by atoms with Crippen molar-refractivity contribution < 1.29 is 0 Å². The molecule has 1 aliphatic rings. The minimum atomic E-state index is 0.679. The fraction of sp³-hybridized carbons (Fsp3) is 1.00. The van der Waals surface area contributed by atoms with Crippen LogP contribution >= 0.6 is 0 Å². The Kier molecular flexibility index (Phi) is 7.06. The molecule has 0 saturated heterocycles. The molecular formula is C14H30N2. The molecule has 0 radical (unpaired) electrons. The number of rotatable bonds is 7. The molecule has 0 spiro atoms. The maximum atomic E-state index is 3.66. The summed E-state index contributed by atoms with van der Waals surface area (Å²) in [5.41, 5.74) is 0. The second-order valence-electron chi connectivity index (χ2n) is 5.23. The van der Waals surface area contributed by atoms with Crippen molar-refractivity contribution in [2.75, 3.05) is 26.2 Å². The van der Waals surface area contributed by atoms with Gasteiger partial charge < -0.3 is 5.32 Å². The largest absolute Gasteiger partial charge is 0.315 e. The average molecular weight is 226 g/mol. The molecule has 0 aromatic carbocycles. The topological polar surface area (TPSA) is 15.3 Å². The van der Waals surface area contributed by atoms with Gasteiger partial charge in [0.05, 0.1) is 0 Å². The van der Waals surface area contributed by atoms with Crippen molar-refractivity contribution in [3.8, 4) is 0 Å². The van der Waals surface area contributed by atoms with Crippen LogP contribution in [0.5, 0.6) is 0 Å². The predicted octanol–water partition coefficient (Wildman–Crippen LogP) is 2.89. The van der Waals surface area contributed by atoms with Crippen molar-refractivity contribution >= 4 is 0 Å². The van der Waals surface area contributed by atoms with Crippen LogP contribution in [0.3, 0.4) is 0 Å². The standard InChI is InChI=1S/C14H30N2/c1-4-16(5-2)13(3)11-15-12-14-9-7-6-8-10-14/h13-15H,4-12H2,1-3H3. The van der Waals surface area contributed by atoms with Gasteiger partial charge in [-0.25, -0.2) is 0 Å². The van der Waals surface area contributed by atoms with Gasteiger partial charge in [-0.3, -0.25) is 4.90 Å². The number of likely N-dealkylation sites (N-methyl/N-ethyl adjacent to an activating group) is 1. The lowest BCUT2D eigenvalue weighted by Crippen LogP contribution is -2.41. The van der Waals surface area contributed by atoms with Crippen LogP contribution in [0.25, 0.3) is 0 Å². The van der Waals surface area contributed by atoms with Gasteiger partial charge in [-0.1, -0.05) is 33.1 Å². The summed E-state index contributed by atoms with van der Waals surface area (Å²) in [6.07, 6.45) is 7.28. The Hall–Kier alpha value is -0.0800. The zero-order valence-electron chi connectivity index (χ0n) is 11.5. The molecule has 0 bridgehead atoms. The van der Waals surface area contributed by atoms with E-state index < -0.39 is 0 Å². The van der Waals surface area contributed by atoms with Crippen LogP contribution < -0.4 is 5.32 Å². The lowest BCUT2D eigenvalue weighted by atomic mass is 9.89. The lowest BCUT2D eigenvalue weighted by molar-refractivity contribution is 0.220. The number of nitrogens with zero attached hydrogens (tertiary/aromatic N) is 1. The van der Waals surface area contributed by atoms with E-state index in [1.165, 1.54) is 51.7 Å². The van der Waals surface area contributed by atoms with Crippen LogP contribution in [0.2, 0.25) is 0 Å². The number of hydrogen-bond acceptors (Lipinski definition) is 2. The third-order valence-corrected chi connectivity index (χ3v) is 4.03. The Morgan fingerprint density at radius 2 is 1.75 bits per heavy atom. The fourth-order valence-corrected chi connectivity index (χ4v) is 2.86. The molecule has 0 aliphatic heterocycles. The highest BCUT2D eigenvalue weighted by molar-refractivity contribution is 4.71. The van der Waals surface area contributed by atoms with E-state index in [1.54, 1.807) is 0 Å². The van der Waals surface area contributed by atoms with Gasteiger partial charge in [0.1, 0.15) is 0 Å². The van der Waals surface area contributed by atoms with Gasteiger partial charge in [0, 0.05) is 12.6 Å². The van der Waals surface area contributed by atoms with Crippen molar-refractivity contribution in [2.24, 2.45) is 5.92 Å². The first-order chi connectivity index (χ1) is 7.77. The van der Waals surface area contributed by atoms with Gasteiger partial charge in [-0.15, -0.1) is 0 Å². The normalized spacial score (nSPS) is 20.2. The minimum absolute atomic E-state index is 0.679. The van der Waals surface area contributed by atoms with Crippen LogP contribution in [0.15, 0.2) is 0 Å². The third kappa shape index (κ3) is 4.84.